The number of likely N-dealkylation sites (tertiary alicyclic amines) is 1. The number of piperidine rings is 1. The largest absolute Gasteiger partial charge is 0.356 e. The van der Waals surface area contributed by atoms with E-state index in [-0.39, 0.29) is 17.9 Å². The Labute approximate surface area is 161 Å². The predicted octanol–water partition coefficient (Wildman–Crippen LogP) is 3.68. The lowest BCUT2D eigenvalue weighted by Gasteiger charge is -2.36. The SMILES string of the molecule is CC(=O)NCC[C@@H]1CCCCN1C(=O)c1cc(C)nc2c(C)c(C)ccc12. The number of fused-ring (bicyclic) bond motifs is 1. The third-order valence-corrected chi connectivity index (χ3v) is 5.60. The van der Waals surface area contributed by atoms with Crippen molar-refractivity contribution in [3.63, 3.8) is 0 Å². The smallest absolute Gasteiger partial charge is 0.254 e. The Morgan fingerprint density at radius 2 is 2.00 bits per heavy atom. The number of carbonyl (C=O) groups is 2. The van der Waals surface area contributed by atoms with Crippen molar-refractivity contribution in [2.24, 2.45) is 0 Å². The van der Waals surface area contributed by atoms with E-state index in [1.54, 1.807) is 0 Å². The fourth-order valence-electron chi connectivity index (χ4n) is 3.97. The van der Waals surface area contributed by atoms with Crippen molar-refractivity contribution in [3.8, 4) is 0 Å². The Balaban J connectivity index is 1.93. The highest BCUT2D eigenvalue weighted by molar-refractivity contribution is 6.07. The summed E-state index contributed by atoms with van der Waals surface area (Å²) in [6.45, 7) is 9.00. The van der Waals surface area contributed by atoms with Crippen LogP contribution in [0.25, 0.3) is 10.9 Å². The summed E-state index contributed by atoms with van der Waals surface area (Å²) in [6, 6.07) is 6.18. The van der Waals surface area contributed by atoms with Crippen LogP contribution in [0.15, 0.2) is 18.2 Å². The van der Waals surface area contributed by atoms with E-state index in [4.69, 9.17) is 4.98 Å². The monoisotopic (exact) mass is 367 g/mol. The van der Waals surface area contributed by atoms with Crippen LogP contribution in [-0.4, -0.2) is 40.8 Å². The molecule has 0 spiro atoms. The maximum absolute atomic E-state index is 13.5. The minimum absolute atomic E-state index is 0.0229. The highest BCUT2D eigenvalue weighted by Crippen LogP contribution is 2.28. The van der Waals surface area contributed by atoms with E-state index < -0.39 is 0 Å². The molecule has 0 bridgehead atoms. The van der Waals surface area contributed by atoms with Gasteiger partial charge in [-0.2, -0.15) is 0 Å². The van der Waals surface area contributed by atoms with Gasteiger partial charge in [0, 0.05) is 37.1 Å². The normalized spacial score (nSPS) is 17.2. The quantitative estimate of drug-likeness (QED) is 0.897. The first-order valence-corrected chi connectivity index (χ1v) is 9.81. The van der Waals surface area contributed by atoms with Gasteiger partial charge in [0.25, 0.3) is 5.91 Å². The summed E-state index contributed by atoms with van der Waals surface area (Å²) in [5.74, 6) is 0.0616. The molecule has 144 valence electrons. The molecular formula is C22H29N3O2. The first-order valence-electron chi connectivity index (χ1n) is 9.81. The van der Waals surface area contributed by atoms with Crippen LogP contribution in [0, 0.1) is 20.8 Å². The summed E-state index contributed by atoms with van der Waals surface area (Å²) < 4.78 is 0. The molecule has 1 fully saturated rings. The number of amides is 2. The van der Waals surface area contributed by atoms with Gasteiger partial charge in [-0.1, -0.05) is 12.1 Å². The zero-order valence-corrected chi connectivity index (χ0v) is 16.8. The summed E-state index contributed by atoms with van der Waals surface area (Å²) in [5, 5.41) is 3.79. The molecule has 1 atom stereocenters. The first kappa shape index (κ1) is 19.3. The van der Waals surface area contributed by atoms with Gasteiger partial charge in [0.2, 0.25) is 5.91 Å². The summed E-state index contributed by atoms with van der Waals surface area (Å²) in [4.78, 5) is 31.4. The van der Waals surface area contributed by atoms with Crippen LogP contribution in [0.4, 0.5) is 0 Å². The molecule has 2 heterocycles. The summed E-state index contributed by atoms with van der Waals surface area (Å²) in [7, 11) is 0. The van der Waals surface area contributed by atoms with Crippen LogP contribution in [0.5, 0.6) is 0 Å². The van der Waals surface area contributed by atoms with Crippen molar-refractivity contribution < 1.29 is 9.59 Å². The van der Waals surface area contributed by atoms with Crippen molar-refractivity contribution in [1.82, 2.24) is 15.2 Å². The summed E-state index contributed by atoms with van der Waals surface area (Å²) in [6.07, 6.45) is 3.95. The van der Waals surface area contributed by atoms with E-state index in [1.165, 1.54) is 12.5 Å². The molecule has 1 aliphatic heterocycles. The molecule has 0 saturated carbocycles. The number of hydrogen-bond donors (Lipinski definition) is 1. The predicted molar refractivity (Wildman–Crippen MR) is 108 cm³/mol. The highest BCUT2D eigenvalue weighted by Gasteiger charge is 2.28. The number of carbonyl (C=O) groups excluding carboxylic acids is 2. The van der Waals surface area contributed by atoms with Crippen LogP contribution in [0.2, 0.25) is 0 Å². The van der Waals surface area contributed by atoms with Gasteiger partial charge >= 0.3 is 0 Å². The maximum Gasteiger partial charge on any atom is 0.254 e. The lowest BCUT2D eigenvalue weighted by Crippen LogP contribution is -2.45. The summed E-state index contributed by atoms with van der Waals surface area (Å²) in [5.41, 5.74) is 4.85. The second kappa shape index (κ2) is 8.07. The van der Waals surface area contributed by atoms with E-state index >= 15 is 0 Å². The molecule has 3 rings (SSSR count). The topological polar surface area (TPSA) is 62.3 Å². The van der Waals surface area contributed by atoms with E-state index in [0.717, 1.165) is 60.0 Å². The van der Waals surface area contributed by atoms with Crippen LogP contribution in [0.1, 0.15) is 59.8 Å². The molecule has 5 heteroatoms. The van der Waals surface area contributed by atoms with Crippen LogP contribution in [0.3, 0.4) is 0 Å². The number of pyridine rings is 1. The van der Waals surface area contributed by atoms with Gasteiger partial charge in [0.05, 0.1) is 11.1 Å². The second-order valence-corrected chi connectivity index (χ2v) is 7.63. The molecule has 1 aromatic heterocycles. The van der Waals surface area contributed by atoms with Crippen molar-refractivity contribution in [3.05, 3.63) is 40.6 Å². The average molecular weight is 367 g/mol. The number of benzene rings is 1. The molecule has 1 saturated heterocycles. The minimum Gasteiger partial charge on any atom is -0.356 e. The fraction of sp³-hybridized carbons (Fsp3) is 0.500. The molecule has 1 N–H and O–H groups in total. The van der Waals surface area contributed by atoms with Gasteiger partial charge in [-0.25, -0.2) is 0 Å². The standard InChI is InChI=1S/C22H29N3O2/c1-14-8-9-19-20(13-15(2)24-21(19)16(14)3)22(27)25-12-6-5-7-18(25)10-11-23-17(4)26/h8-9,13,18H,5-7,10-12H2,1-4H3,(H,23,26)/t18-/m0/s1. The molecule has 5 nitrogen and oxygen atoms in total. The van der Waals surface area contributed by atoms with Gasteiger partial charge in [-0.15, -0.1) is 0 Å². The fourth-order valence-corrected chi connectivity index (χ4v) is 3.97. The Morgan fingerprint density at radius 1 is 1.22 bits per heavy atom. The van der Waals surface area contributed by atoms with Gasteiger partial charge in [0.15, 0.2) is 0 Å². The van der Waals surface area contributed by atoms with Crippen molar-refractivity contribution in [2.75, 3.05) is 13.1 Å². The first-order chi connectivity index (χ1) is 12.9. The number of nitrogens with zero attached hydrogens (tertiary/aromatic N) is 2. The Hall–Kier alpha value is -2.43. The third-order valence-electron chi connectivity index (χ3n) is 5.60. The number of hydrogen-bond acceptors (Lipinski definition) is 3. The van der Waals surface area contributed by atoms with Gasteiger partial charge in [-0.3, -0.25) is 14.6 Å². The lowest BCUT2D eigenvalue weighted by atomic mass is 9.96. The molecule has 0 unspecified atom stereocenters. The van der Waals surface area contributed by atoms with Gasteiger partial charge in [0.1, 0.15) is 0 Å². The second-order valence-electron chi connectivity index (χ2n) is 7.63. The molecule has 0 radical (unpaired) electrons. The molecule has 1 aromatic carbocycles. The molecule has 2 amide bonds. The highest BCUT2D eigenvalue weighted by atomic mass is 16.2. The molecule has 27 heavy (non-hydrogen) atoms. The van der Waals surface area contributed by atoms with Crippen LogP contribution in [-0.2, 0) is 4.79 Å². The van der Waals surface area contributed by atoms with Gasteiger partial charge < -0.3 is 10.2 Å². The Bertz CT molecular complexity index is 875. The molecule has 1 aliphatic rings. The number of rotatable bonds is 4. The maximum atomic E-state index is 13.5. The number of aryl methyl sites for hydroxylation is 3. The minimum atomic E-state index is -0.0229. The van der Waals surface area contributed by atoms with Crippen molar-refractivity contribution in [1.29, 1.82) is 0 Å². The molecule has 2 aromatic rings. The van der Waals surface area contributed by atoms with Crippen LogP contribution >= 0.6 is 0 Å². The van der Waals surface area contributed by atoms with Crippen molar-refractivity contribution in [2.45, 2.75) is 59.4 Å². The zero-order chi connectivity index (χ0) is 19.6. The average Bonchev–Trinajstić information content (AvgIpc) is 2.64. The van der Waals surface area contributed by atoms with Crippen LogP contribution < -0.4 is 5.32 Å². The third kappa shape index (κ3) is 4.12. The Kier molecular flexibility index (Phi) is 5.78. The van der Waals surface area contributed by atoms with E-state index in [9.17, 15) is 9.59 Å². The molecule has 0 aliphatic carbocycles. The van der Waals surface area contributed by atoms with Crippen molar-refractivity contribution >= 4 is 22.7 Å². The van der Waals surface area contributed by atoms with E-state index in [1.807, 2.05) is 24.0 Å². The van der Waals surface area contributed by atoms with Gasteiger partial charge in [-0.05, 0) is 63.6 Å². The Morgan fingerprint density at radius 3 is 2.74 bits per heavy atom. The number of aromatic nitrogens is 1. The summed E-state index contributed by atoms with van der Waals surface area (Å²) >= 11 is 0. The zero-order valence-electron chi connectivity index (χ0n) is 16.8. The lowest BCUT2D eigenvalue weighted by molar-refractivity contribution is -0.119. The van der Waals surface area contributed by atoms with E-state index in [0.29, 0.717) is 6.54 Å². The molecular weight excluding hydrogens is 338 g/mol. The number of nitrogens with one attached hydrogen (secondary N) is 1. The van der Waals surface area contributed by atoms with E-state index in [2.05, 4.69) is 25.2 Å².